The second kappa shape index (κ2) is 8.64. The van der Waals surface area contributed by atoms with Gasteiger partial charge < -0.3 is 14.6 Å². The van der Waals surface area contributed by atoms with Crippen LogP contribution in [0.5, 0.6) is 11.5 Å². The zero-order chi connectivity index (χ0) is 20.2. The van der Waals surface area contributed by atoms with Crippen LogP contribution >= 0.6 is 0 Å². The molecule has 3 aromatic carbocycles. The van der Waals surface area contributed by atoms with Gasteiger partial charge in [0.15, 0.2) is 11.5 Å². The van der Waals surface area contributed by atoms with Crippen molar-refractivity contribution in [2.24, 2.45) is 0 Å². The molecule has 1 heterocycles. The molecule has 29 heavy (non-hydrogen) atoms. The molecule has 0 aromatic heterocycles. The topological polar surface area (TPSA) is 41.9 Å². The zero-order valence-corrected chi connectivity index (χ0v) is 16.3. The van der Waals surface area contributed by atoms with Crippen LogP contribution in [0.4, 0.5) is 4.39 Å². The SMILES string of the molecule is CC(O)CN(Cc1ccc(-c2ccc(F)cc2)cc1)Cc1ccc2c(c1)OCO2. The van der Waals surface area contributed by atoms with Crippen molar-refractivity contribution in [2.75, 3.05) is 13.3 Å². The average molecular weight is 393 g/mol. The molecule has 0 bridgehead atoms. The number of fused-ring (bicyclic) bond motifs is 1. The summed E-state index contributed by atoms with van der Waals surface area (Å²) < 4.78 is 24.0. The van der Waals surface area contributed by atoms with Crippen LogP contribution in [-0.2, 0) is 13.1 Å². The van der Waals surface area contributed by atoms with Crippen LogP contribution in [0.15, 0.2) is 66.7 Å². The lowest BCUT2D eigenvalue weighted by molar-refractivity contribution is 0.118. The molecule has 1 N–H and O–H groups in total. The number of halogens is 1. The van der Waals surface area contributed by atoms with Crippen molar-refractivity contribution in [3.63, 3.8) is 0 Å². The minimum absolute atomic E-state index is 0.234. The van der Waals surface area contributed by atoms with E-state index in [9.17, 15) is 9.50 Å². The summed E-state index contributed by atoms with van der Waals surface area (Å²) in [6.45, 7) is 4.03. The van der Waals surface area contributed by atoms with Crippen molar-refractivity contribution < 1.29 is 19.0 Å². The van der Waals surface area contributed by atoms with Crippen molar-refractivity contribution in [1.82, 2.24) is 4.90 Å². The van der Waals surface area contributed by atoms with Crippen LogP contribution in [0, 0.1) is 5.82 Å². The van der Waals surface area contributed by atoms with E-state index in [0.29, 0.717) is 19.6 Å². The lowest BCUT2D eigenvalue weighted by Crippen LogP contribution is -2.30. The van der Waals surface area contributed by atoms with Gasteiger partial charge in [0.25, 0.3) is 0 Å². The third kappa shape index (κ3) is 4.94. The van der Waals surface area contributed by atoms with Gasteiger partial charge >= 0.3 is 0 Å². The molecule has 150 valence electrons. The lowest BCUT2D eigenvalue weighted by Gasteiger charge is -2.24. The summed E-state index contributed by atoms with van der Waals surface area (Å²) in [5.41, 5.74) is 4.29. The molecule has 0 aliphatic carbocycles. The number of rotatable bonds is 7. The van der Waals surface area contributed by atoms with Gasteiger partial charge in [-0.2, -0.15) is 0 Å². The number of benzene rings is 3. The zero-order valence-electron chi connectivity index (χ0n) is 16.3. The van der Waals surface area contributed by atoms with Crippen molar-refractivity contribution in [3.05, 3.63) is 83.7 Å². The fourth-order valence-corrected chi connectivity index (χ4v) is 3.56. The highest BCUT2D eigenvalue weighted by Gasteiger charge is 2.16. The van der Waals surface area contributed by atoms with Crippen LogP contribution in [0.1, 0.15) is 18.1 Å². The lowest BCUT2D eigenvalue weighted by atomic mass is 10.0. The first-order valence-electron chi connectivity index (χ1n) is 9.70. The van der Waals surface area contributed by atoms with E-state index in [4.69, 9.17) is 9.47 Å². The van der Waals surface area contributed by atoms with E-state index in [-0.39, 0.29) is 12.6 Å². The predicted octanol–water partition coefficient (Wildman–Crippen LogP) is 4.60. The molecule has 1 atom stereocenters. The maximum absolute atomic E-state index is 13.1. The van der Waals surface area contributed by atoms with E-state index in [2.05, 4.69) is 17.0 Å². The van der Waals surface area contributed by atoms with Crippen molar-refractivity contribution in [2.45, 2.75) is 26.1 Å². The van der Waals surface area contributed by atoms with Crippen LogP contribution in [0.2, 0.25) is 0 Å². The second-order valence-electron chi connectivity index (χ2n) is 7.41. The van der Waals surface area contributed by atoms with Gasteiger partial charge in [0, 0.05) is 19.6 Å². The molecule has 5 heteroatoms. The van der Waals surface area contributed by atoms with E-state index >= 15 is 0 Å². The summed E-state index contributed by atoms with van der Waals surface area (Å²) in [5.74, 6) is 1.30. The fourth-order valence-electron chi connectivity index (χ4n) is 3.56. The molecule has 4 nitrogen and oxygen atoms in total. The second-order valence-corrected chi connectivity index (χ2v) is 7.41. The minimum atomic E-state index is -0.428. The number of ether oxygens (including phenoxy) is 2. The van der Waals surface area contributed by atoms with Crippen LogP contribution < -0.4 is 9.47 Å². The predicted molar refractivity (Wildman–Crippen MR) is 110 cm³/mol. The Balaban J connectivity index is 1.47. The van der Waals surface area contributed by atoms with Gasteiger partial charge in [-0.05, 0) is 53.4 Å². The molecule has 0 fully saturated rings. The maximum atomic E-state index is 13.1. The number of aliphatic hydroxyl groups excluding tert-OH is 1. The van der Waals surface area contributed by atoms with E-state index in [1.54, 1.807) is 19.1 Å². The summed E-state index contributed by atoms with van der Waals surface area (Å²) in [5, 5.41) is 9.93. The van der Waals surface area contributed by atoms with Crippen LogP contribution in [-0.4, -0.2) is 29.4 Å². The molecule has 1 aliphatic heterocycles. The largest absolute Gasteiger partial charge is 0.454 e. The van der Waals surface area contributed by atoms with Gasteiger partial charge in [-0.25, -0.2) is 4.39 Å². The van der Waals surface area contributed by atoms with E-state index in [1.807, 2.05) is 30.3 Å². The molecule has 0 radical (unpaired) electrons. The Morgan fingerprint density at radius 1 is 0.862 bits per heavy atom. The monoisotopic (exact) mass is 393 g/mol. The number of hydrogen-bond donors (Lipinski definition) is 1. The molecule has 1 unspecified atom stereocenters. The molecule has 3 aromatic rings. The van der Waals surface area contributed by atoms with Gasteiger partial charge in [0.2, 0.25) is 6.79 Å². The summed E-state index contributed by atoms with van der Waals surface area (Å²) >= 11 is 0. The Hall–Kier alpha value is -2.89. The van der Waals surface area contributed by atoms with Crippen molar-refractivity contribution in [1.29, 1.82) is 0 Å². The number of hydrogen-bond acceptors (Lipinski definition) is 4. The Morgan fingerprint density at radius 2 is 1.45 bits per heavy atom. The highest BCUT2D eigenvalue weighted by molar-refractivity contribution is 5.63. The molecule has 0 saturated carbocycles. The third-order valence-corrected chi connectivity index (χ3v) is 4.90. The van der Waals surface area contributed by atoms with Gasteiger partial charge in [-0.3, -0.25) is 4.90 Å². The Morgan fingerprint density at radius 3 is 2.14 bits per heavy atom. The quantitative estimate of drug-likeness (QED) is 0.637. The van der Waals surface area contributed by atoms with E-state index < -0.39 is 6.10 Å². The standard InChI is InChI=1S/C24H24FNO3/c1-17(27)13-26(15-19-4-11-23-24(12-19)29-16-28-23)14-18-2-5-20(6-3-18)21-7-9-22(25)10-8-21/h2-12,17,27H,13-16H2,1H3. The summed E-state index contributed by atoms with van der Waals surface area (Å²) in [7, 11) is 0. The van der Waals surface area contributed by atoms with Crippen molar-refractivity contribution in [3.8, 4) is 22.6 Å². The Kier molecular flexibility index (Phi) is 5.79. The molecule has 4 rings (SSSR count). The summed E-state index contributed by atoms with van der Waals surface area (Å²) in [4.78, 5) is 2.20. The molecular weight excluding hydrogens is 369 g/mol. The molecule has 0 saturated heterocycles. The summed E-state index contributed by atoms with van der Waals surface area (Å²) in [6.07, 6.45) is -0.428. The maximum Gasteiger partial charge on any atom is 0.231 e. The normalized spacial score (nSPS) is 13.7. The first-order valence-corrected chi connectivity index (χ1v) is 9.70. The fraction of sp³-hybridized carbons (Fsp3) is 0.250. The smallest absolute Gasteiger partial charge is 0.231 e. The highest BCUT2D eigenvalue weighted by Crippen LogP contribution is 2.33. The molecular formula is C24H24FNO3. The first-order chi connectivity index (χ1) is 14.1. The Labute approximate surface area is 170 Å². The van der Waals surface area contributed by atoms with Crippen molar-refractivity contribution >= 4 is 0 Å². The number of aliphatic hydroxyl groups is 1. The van der Waals surface area contributed by atoms with Crippen LogP contribution in [0.25, 0.3) is 11.1 Å². The first kappa shape index (κ1) is 19.4. The van der Waals surface area contributed by atoms with E-state index in [0.717, 1.165) is 33.8 Å². The Bertz CT molecular complexity index is 955. The molecule has 0 spiro atoms. The van der Waals surface area contributed by atoms with Gasteiger partial charge in [-0.15, -0.1) is 0 Å². The van der Waals surface area contributed by atoms with Gasteiger partial charge in [0.1, 0.15) is 5.82 Å². The summed E-state index contributed by atoms with van der Waals surface area (Å²) in [6, 6.07) is 20.7. The third-order valence-electron chi connectivity index (χ3n) is 4.90. The highest BCUT2D eigenvalue weighted by atomic mass is 19.1. The van der Waals surface area contributed by atoms with E-state index in [1.165, 1.54) is 12.1 Å². The minimum Gasteiger partial charge on any atom is -0.454 e. The van der Waals surface area contributed by atoms with Gasteiger partial charge in [0.05, 0.1) is 6.10 Å². The average Bonchev–Trinajstić information content (AvgIpc) is 3.17. The van der Waals surface area contributed by atoms with Gasteiger partial charge in [-0.1, -0.05) is 42.5 Å². The molecule has 1 aliphatic rings. The van der Waals surface area contributed by atoms with Crippen LogP contribution in [0.3, 0.4) is 0 Å². The molecule has 0 amide bonds. The number of nitrogens with zero attached hydrogens (tertiary/aromatic N) is 1.